The van der Waals surface area contributed by atoms with Crippen LogP contribution >= 0.6 is 0 Å². The van der Waals surface area contributed by atoms with Gasteiger partial charge in [0.2, 0.25) is 31.9 Å². The monoisotopic (exact) mass is 733 g/mol. The van der Waals surface area contributed by atoms with Crippen LogP contribution in [0.25, 0.3) is 0 Å². The Balaban J connectivity index is 1.80. The summed E-state index contributed by atoms with van der Waals surface area (Å²) in [4.78, 5) is 32.4. The molecule has 0 heterocycles. The first kappa shape index (κ1) is 42.1. The van der Waals surface area contributed by atoms with Crippen LogP contribution in [-0.2, 0) is 29.6 Å². The Hall–Kier alpha value is -1.32. The van der Waals surface area contributed by atoms with Crippen molar-refractivity contribution in [3.63, 3.8) is 0 Å². The summed E-state index contributed by atoms with van der Waals surface area (Å²) in [6, 6.07) is -0.649. The summed E-state index contributed by atoms with van der Waals surface area (Å²) in [6.45, 7) is 7.35. The molecule has 5 unspecified atom stereocenters. The summed E-state index contributed by atoms with van der Waals surface area (Å²) in [5, 5.41) is 15.4. The first-order valence-electron chi connectivity index (χ1n) is 19.1. The fourth-order valence-electron chi connectivity index (χ4n) is 8.23. The predicted octanol–water partition coefficient (Wildman–Crippen LogP) is 3.86. The predicted molar refractivity (Wildman–Crippen MR) is 194 cm³/mol. The number of carbonyl (C=O) groups is 2. The van der Waals surface area contributed by atoms with Crippen LogP contribution in [0.2, 0.25) is 0 Å². The highest BCUT2D eigenvalue weighted by Crippen LogP contribution is 2.36. The molecule has 3 aliphatic rings. The Morgan fingerprint density at radius 3 is 1.88 bits per heavy atom. The van der Waals surface area contributed by atoms with E-state index in [1.165, 1.54) is 23.4 Å². The number of hydrogen-bond donors (Lipinski definition) is 3. The molecule has 3 saturated carbocycles. The van der Waals surface area contributed by atoms with Crippen molar-refractivity contribution < 1.29 is 31.5 Å². The summed E-state index contributed by atoms with van der Waals surface area (Å²) in [5.41, 5.74) is 0. The van der Waals surface area contributed by atoms with Crippen molar-refractivity contribution in [3.05, 3.63) is 0 Å². The molecule has 0 aliphatic heterocycles. The maximum Gasteiger partial charge on any atom is 0.225 e. The molecular weight excluding hydrogens is 667 g/mol. The zero-order valence-electron chi connectivity index (χ0n) is 30.9. The van der Waals surface area contributed by atoms with Gasteiger partial charge >= 0.3 is 0 Å². The lowest BCUT2D eigenvalue weighted by Crippen LogP contribution is -2.55. The van der Waals surface area contributed by atoms with Gasteiger partial charge in [0.25, 0.3) is 0 Å². The topological polar surface area (TPSA) is 156 Å². The molecule has 14 heteroatoms. The lowest BCUT2D eigenvalue weighted by Gasteiger charge is -2.38. The third kappa shape index (κ3) is 13.0. The minimum Gasteiger partial charge on any atom is -0.390 e. The van der Waals surface area contributed by atoms with E-state index in [9.17, 15) is 31.5 Å². The van der Waals surface area contributed by atoms with E-state index in [1.807, 2.05) is 20.8 Å². The molecule has 0 aromatic rings. The van der Waals surface area contributed by atoms with Gasteiger partial charge < -0.3 is 15.3 Å². The van der Waals surface area contributed by atoms with Crippen LogP contribution in [0.3, 0.4) is 0 Å². The SMILES string of the molecule is CCCN(CCC)C(=O)C1CC(C(=O)NC(CC2CCCCC2)C(O)CN(CC)NS(=O)(=O)CC2CCCCC2)CC(S(=O)(=O)N(C)C)C1. The van der Waals surface area contributed by atoms with E-state index in [1.54, 1.807) is 4.90 Å². The van der Waals surface area contributed by atoms with Gasteiger partial charge in [0, 0.05) is 52.1 Å². The average Bonchev–Trinajstić information content (AvgIpc) is 3.07. The van der Waals surface area contributed by atoms with Gasteiger partial charge in [-0.15, -0.1) is 4.83 Å². The maximum atomic E-state index is 14.1. The van der Waals surface area contributed by atoms with Crippen molar-refractivity contribution in [3.8, 4) is 0 Å². The van der Waals surface area contributed by atoms with Crippen molar-refractivity contribution in [2.24, 2.45) is 23.7 Å². The van der Waals surface area contributed by atoms with Crippen molar-refractivity contribution >= 4 is 31.9 Å². The first-order valence-corrected chi connectivity index (χ1v) is 22.3. The summed E-state index contributed by atoms with van der Waals surface area (Å²) >= 11 is 0. The Morgan fingerprint density at radius 2 is 1.35 bits per heavy atom. The number of hydrogen-bond acceptors (Lipinski definition) is 8. The van der Waals surface area contributed by atoms with Crippen LogP contribution < -0.4 is 10.1 Å². The molecule has 3 aliphatic carbocycles. The van der Waals surface area contributed by atoms with Crippen LogP contribution in [0.1, 0.15) is 124 Å². The lowest BCUT2D eigenvalue weighted by atomic mass is 9.79. The second kappa shape index (κ2) is 20.1. The largest absolute Gasteiger partial charge is 0.390 e. The van der Waals surface area contributed by atoms with Gasteiger partial charge in [0.1, 0.15) is 0 Å². The second-order valence-electron chi connectivity index (χ2n) is 15.2. The second-order valence-corrected chi connectivity index (χ2v) is 19.4. The summed E-state index contributed by atoms with van der Waals surface area (Å²) in [7, 11) is -4.38. The van der Waals surface area contributed by atoms with Gasteiger partial charge in [-0.05, 0) is 63.2 Å². The van der Waals surface area contributed by atoms with E-state index in [0.717, 1.165) is 77.0 Å². The summed E-state index contributed by atoms with van der Waals surface area (Å²) in [6.07, 6.45) is 12.0. The van der Waals surface area contributed by atoms with Crippen LogP contribution in [0.4, 0.5) is 0 Å². The van der Waals surface area contributed by atoms with E-state index in [4.69, 9.17) is 0 Å². The van der Waals surface area contributed by atoms with E-state index in [2.05, 4.69) is 10.1 Å². The molecule has 3 fully saturated rings. The van der Waals surface area contributed by atoms with E-state index in [-0.39, 0.29) is 49.3 Å². The fraction of sp³-hybridized carbons (Fsp3) is 0.943. The highest BCUT2D eigenvalue weighted by atomic mass is 32.2. The number of hydrazine groups is 1. The van der Waals surface area contributed by atoms with Crippen LogP contribution in [0, 0.1) is 23.7 Å². The van der Waals surface area contributed by atoms with Gasteiger partial charge in [-0.3, -0.25) is 9.59 Å². The molecule has 0 bridgehead atoms. The quantitative estimate of drug-likeness (QED) is 0.169. The Labute approximate surface area is 297 Å². The number of carbonyl (C=O) groups excluding carboxylic acids is 2. The molecule has 5 atom stereocenters. The molecule has 12 nitrogen and oxygen atoms in total. The molecular formula is C35H67N5O7S2. The molecule has 0 saturated heterocycles. The Kier molecular flexibility index (Phi) is 17.2. The molecule has 49 heavy (non-hydrogen) atoms. The minimum atomic E-state index is -3.74. The van der Waals surface area contributed by atoms with Crippen LogP contribution in [0.15, 0.2) is 0 Å². The average molecular weight is 734 g/mol. The third-order valence-corrected chi connectivity index (χ3v) is 14.6. The van der Waals surface area contributed by atoms with Gasteiger partial charge in [0.15, 0.2) is 0 Å². The number of rotatable bonds is 19. The number of aliphatic hydroxyl groups is 1. The number of aliphatic hydroxyl groups excluding tert-OH is 1. The minimum absolute atomic E-state index is 0.00443. The number of amides is 2. The number of sulfonamides is 2. The molecule has 3 N–H and O–H groups in total. The molecule has 286 valence electrons. The molecule has 0 spiro atoms. The smallest absolute Gasteiger partial charge is 0.225 e. The highest BCUT2D eigenvalue weighted by Gasteiger charge is 2.44. The lowest BCUT2D eigenvalue weighted by molar-refractivity contribution is -0.138. The molecule has 2 amide bonds. The Morgan fingerprint density at radius 1 is 0.796 bits per heavy atom. The van der Waals surface area contributed by atoms with Crippen molar-refractivity contribution in [2.45, 2.75) is 141 Å². The van der Waals surface area contributed by atoms with E-state index >= 15 is 0 Å². The van der Waals surface area contributed by atoms with Crippen molar-refractivity contribution in [1.29, 1.82) is 0 Å². The van der Waals surface area contributed by atoms with Gasteiger partial charge in [-0.1, -0.05) is 72.1 Å². The van der Waals surface area contributed by atoms with Gasteiger partial charge in [0.05, 0.1) is 23.1 Å². The number of nitrogens with one attached hydrogen (secondary N) is 2. The van der Waals surface area contributed by atoms with E-state index in [0.29, 0.717) is 32.0 Å². The third-order valence-electron chi connectivity index (χ3n) is 11.0. The molecule has 0 radical (unpaired) electrons. The zero-order chi connectivity index (χ0) is 36.2. The fourth-order valence-corrected chi connectivity index (χ4v) is 11.4. The van der Waals surface area contributed by atoms with Crippen molar-refractivity contribution in [2.75, 3.05) is 46.0 Å². The van der Waals surface area contributed by atoms with Crippen LogP contribution in [0.5, 0.6) is 0 Å². The summed E-state index contributed by atoms with van der Waals surface area (Å²) in [5.74, 6) is -1.26. The van der Waals surface area contributed by atoms with Gasteiger partial charge in [-0.25, -0.2) is 26.1 Å². The molecule has 3 rings (SSSR count). The standard InChI is InChI=1S/C35H67N5O7S2/c1-6-19-39(20-7-2)35(43)30-22-29(23-31(24-30)49(46,47)38(4)5)34(42)36-32(21-27-15-11-9-12-16-27)33(41)25-40(8-3)37-48(44,45)26-28-17-13-10-14-18-28/h27-33,37,41H,6-26H2,1-5H3,(H,36,42). The first-order chi connectivity index (χ1) is 23.2. The number of likely N-dealkylation sites (N-methyl/N-ethyl adjacent to an activating group) is 1. The highest BCUT2D eigenvalue weighted by molar-refractivity contribution is 7.89. The van der Waals surface area contributed by atoms with E-state index < -0.39 is 49.3 Å². The molecule has 0 aromatic carbocycles. The van der Waals surface area contributed by atoms with Crippen LogP contribution in [-0.4, -0.2) is 111 Å². The van der Waals surface area contributed by atoms with Gasteiger partial charge in [-0.2, -0.15) is 0 Å². The zero-order valence-corrected chi connectivity index (χ0v) is 32.6. The summed E-state index contributed by atoms with van der Waals surface area (Å²) < 4.78 is 54.2. The Bertz CT molecular complexity index is 1230. The van der Waals surface area contributed by atoms with Crippen molar-refractivity contribution in [1.82, 2.24) is 24.4 Å². The number of nitrogens with zero attached hydrogens (tertiary/aromatic N) is 3. The molecule has 0 aromatic heterocycles. The maximum absolute atomic E-state index is 14.1. The normalized spacial score (nSPS) is 24.5.